The van der Waals surface area contributed by atoms with Crippen LogP contribution in [-0.4, -0.2) is 48.1 Å². The van der Waals surface area contributed by atoms with E-state index in [4.69, 9.17) is 0 Å². The van der Waals surface area contributed by atoms with Gasteiger partial charge in [0.2, 0.25) is 5.91 Å². The number of benzene rings is 1. The number of thioether (sulfide) groups is 1. The van der Waals surface area contributed by atoms with E-state index in [1.807, 2.05) is 0 Å². The molecule has 2 saturated heterocycles. The normalized spacial score (nSPS) is 27.9. The molecule has 2 aliphatic heterocycles. The van der Waals surface area contributed by atoms with E-state index in [0.717, 1.165) is 51.5 Å². The molecule has 0 N–H and O–H groups in total. The highest BCUT2D eigenvalue weighted by Crippen LogP contribution is 2.41. The van der Waals surface area contributed by atoms with Crippen LogP contribution < -0.4 is 0 Å². The second-order valence-corrected chi connectivity index (χ2v) is 9.12. The van der Waals surface area contributed by atoms with Crippen LogP contribution in [0.3, 0.4) is 0 Å². The number of hydrogen-bond donors (Lipinski definition) is 0. The van der Waals surface area contributed by atoms with Crippen molar-refractivity contribution < 1.29 is 4.79 Å². The molecule has 4 heteroatoms. The first-order chi connectivity index (χ1) is 12.2. The third-order valence-electron chi connectivity index (χ3n) is 6.53. The standard InChI is InChI=1S/C21H30N2OS/c1-25-19-8-6-18(7-9-19)14-22-13-11-21(16-22)10-3-12-23(20(21)24)15-17-4-2-5-17/h6-9,17H,2-5,10-16H2,1H3. The van der Waals surface area contributed by atoms with E-state index in [0.29, 0.717) is 5.91 Å². The van der Waals surface area contributed by atoms with Gasteiger partial charge in [0.15, 0.2) is 0 Å². The Morgan fingerprint density at radius 2 is 1.92 bits per heavy atom. The second-order valence-electron chi connectivity index (χ2n) is 8.24. The fourth-order valence-electron chi connectivity index (χ4n) is 4.77. The highest BCUT2D eigenvalue weighted by Gasteiger charge is 2.48. The van der Waals surface area contributed by atoms with Gasteiger partial charge >= 0.3 is 0 Å². The van der Waals surface area contributed by atoms with E-state index in [9.17, 15) is 4.79 Å². The van der Waals surface area contributed by atoms with Crippen molar-refractivity contribution in [1.29, 1.82) is 0 Å². The van der Waals surface area contributed by atoms with Crippen LogP contribution in [0.1, 0.15) is 44.1 Å². The number of rotatable bonds is 5. The van der Waals surface area contributed by atoms with Crippen LogP contribution in [-0.2, 0) is 11.3 Å². The molecule has 3 fully saturated rings. The molecule has 0 radical (unpaired) electrons. The molecule has 0 aromatic heterocycles. The third kappa shape index (κ3) is 3.61. The average molecular weight is 359 g/mol. The molecule has 1 atom stereocenters. The van der Waals surface area contributed by atoms with Gasteiger partial charge in [-0.05, 0) is 68.5 Å². The largest absolute Gasteiger partial charge is 0.342 e. The van der Waals surface area contributed by atoms with E-state index in [-0.39, 0.29) is 5.41 Å². The lowest BCUT2D eigenvalue weighted by molar-refractivity contribution is -0.146. The van der Waals surface area contributed by atoms with Gasteiger partial charge in [-0.3, -0.25) is 9.69 Å². The van der Waals surface area contributed by atoms with Gasteiger partial charge in [0.05, 0.1) is 5.41 Å². The smallest absolute Gasteiger partial charge is 0.230 e. The van der Waals surface area contributed by atoms with E-state index in [1.54, 1.807) is 11.8 Å². The van der Waals surface area contributed by atoms with Gasteiger partial charge in [0, 0.05) is 31.1 Å². The zero-order valence-corrected chi connectivity index (χ0v) is 16.2. The number of amides is 1. The molecule has 1 saturated carbocycles. The maximum Gasteiger partial charge on any atom is 0.230 e. The average Bonchev–Trinajstić information content (AvgIpc) is 2.99. The first-order valence-corrected chi connectivity index (χ1v) is 11.1. The summed E-state index contributed by atoms with van der Waals surface area (Å²) in [6.45, 7) is 5.01. The minimum Gasteiger partial charge on any atom is -0.342 e. The molecule has 136 valence electrons. The Morgan fingerprint density at radius 1 is 1.12 bits per heavy atom. The first kappa shape index (κ1) is 17.4. The van der Waals surface area contributed by atoms with Crippen molar-refractivity contribution in [2.75, 3.05) is 32.4 Å². The quantitative estimate of drug-likeness (QED) is 0.743. The van der Waals surface area contributed by atoms with Gasteiger partial charge in [0.1, 0.15) is 0 Å². The summed E-state index contributed by atoms with van der Waals surface area (Å²) in [6.07, 6.45) is 9.47. The first-order valence-electron chi connectivity index (χ1n) is 9.83. The van der Waals surface area contributed by atoms with E-state index < -0.39 is 0 Å². The number of carbonyl (C=O) groups excluding carboxylic acids is 1. The second kappa shape index (κ2) is 7.32. The summed E-state index contributed by atoms with van der Waals surface area (Å²) in [5.41, 5.74) is 1.28. The van der Waals surface area contributed by atoms with E-state index >= 15 is 0 Å². The topological polar surface area (TPSA) is 23.6 Å². The number of carbonyl (C=O) groups is 1. The Labute approximate surface area is 156 Å². The molecule has 1 amide bonds. The molecule has 2 heterocycles. The van der Waals surface area contributed by atoms with Crippen LogP contribution >= 0.6 is 11.8 Å². The van der Waals surface area contributed by atoms with Crippen molar-refractivity contribution in [2.24, 2.45) is 11.3 Å². The molecule has 0 bridgehead atoms. The molecular formula is C21H30N2OS. The zero-order valence-electron chi connectivity index (χ0n) is 15.4. The predicted octanol–water partition coefficient (Wildman–Crippen LogP) is 4.02. The van der Waals surface area contributed by atoms with Crippen molar-refractivity contribution in [3.63, 3.8) is 0 Å². The molecule has 1 aromatic rings. The molecule has 3 nitrogen and oxygen atoms in total. The van der Waals surface area contributed by atoms with Crippen molar-refractivity contribution in [3.05, 3.63) is 29.8 Å². The summed E-state index contributed by atoms with van der Waals surface area (Å²) in [5.74, 6) is 1.25. The van der Waals surface area contributed by atoms with Crippen LogP contribution in [0.4, 0.5) is 0 Å². The lowest BCUT2D eigenvalue weighted by Gasteiger charge is -2.42. The molecule has 1 spiro atoms. The number of nitrogens with zero attached hydrogens (tertiary/aromatic N) is 2. The predicted molar refractivity (Wildman–Crippen MR) is 104 cm³/mol. The fraction of sp³-hybridized carbons (Fsp3) is 0.667. The highest BCUT2D eigenvalue weighted by atomic mass is 32.2. The van der Waals surface area contributed by atoms with Gasteiger partial charge in [-0.15, -0.1) is 11.8 Å². The molecule has 1 aromatic carbocycles. The Morgan fingerprint density at radius 3 is 2.60 bits per heavy atom. The number of piperidine rings is 1. The van der Waals surface area contributed by atoms with Gasteiger partial charge in [-0.2, -0.15) is 0 Å². The van der Waals surface area contributed by atoms with Gasteiger partial charge in [-0.25, -0.2) is 0 Å². The van der Waals surface area contributed by atoms with Crippen molar-refractivity contribution >= 4 is 17.7 Å². The molecule has 25 heavy (non-hydrogen) atoms. The summed E-state index contributed by atoms with van der Waals surface area (Å²) in [7, 11) is 0. The minimum atomic E-state index is -0.0821. The molecule has 3 aliphatic rings. The van der Waals surface area contributed by atoms with Gasteiger partial charge in [-0.1, -0.05) is 18.6 Å². The minimum absolute atomic E-state index is 0.0821. The molecule has 1 unspecified atom stereocenters. The van der Waals surface area contributed by atoms with E-state index in [2.05, 4.69) is 40.3 Å². The Kier molecular flexibility index (Phi) is 5.10. The van der Waals surface area contributed by atoms with Gasteiger partial charge in [0.25, 0.3) is 0 Å². The number of hydrogen-bond acceptors (Lipinski definition) is 3. The Bertz CT molecular complexity index is 613. The summed E-state index contributed by atoms with van der Waals surface area (Å²) in [5, 5.41) is 0. The summed E-state index contributed by atoms with van der Waals surface area (Å²) < 4.78 is 0. The lowest BCUT2D eigenvalue weighted by atomic mass is 9.77. The van der Waals surface area contributed by atoms with E-state index in [1.165, 1.54) is 36.1 Å². The zero-order chi connectivity index (χ0) is 17.3. The highest BCUT2D eigenvalue weighted by molar-refractivity contribution is 7.98. The summed E-state index contributed by atoms with van der Waals surface area (Å²) in [6, 6.07) is 8.89. The van der Waals surface area contributed by atoms with Crippen LogP contribution in [0.15, 0.2) is 29.2 Å². The fourth-order valence-corrected chi connectivity index (χ4v) is 5.18. The Hall–Kier alpha value is -1.00. The van der Waals surface area contributed by atoms with Crippen LogP contribution in [0.5, 0.6) is 0 Å². The summed E-state index contributed by atoms with van der Waals surface area (Å²) in [4.78, 5) is 19.2. The van der Waals surface area contributed by atoms with Crippen molar-refractivity contribution in [2.45, 2.75) is 50.0 Å². The SMILES string of the molecule is CSc1ccc(CN2CCC3(CCCN(CC4CCC4)C3=O)C2)cc1. The molecular weight excluding hydrogens is 328 g/mol. The van der Waals surface area contributed by atoms with Crippen molar-refractivity contribution in [1.82, 2.24) is 9.80 Å². The molecule has 4 rings (SSSR count). The number of likely N-dealkylation sites (tertiary alicyclic amines) is 2. The summed E-state index contributed by atoms with van der Waals surface area (Å²) >= 11 is 1.79. The van der Waals surface area contributed by atoms with Crippen LogP contribution in [0, 0.1) is 11.3 Å². The maximum absolute atomic E-state index is 13.2. The van der Waals surface area contributed by atoms with Crippen molar-refractivity contribution in [3.8, 4) is 0 Å². The molecule has 1 aliphatic carbocycles. The third-order valence-corrected chi connectivity index (χ3v) is 7.27. The van der Waals surface area contributed by atoms with Gasteiger partial charge < -0.3 is 4.90 Å². The van der Waals surface area contributed by atoms with Crippen LogP contribution in [0.25, 0.3) is 0 Å². The van der Waals surface area contributed by atoms with Crippen LogP contribution in [0.2, 0.25) is 0 Å². The maximum atomic E-state index is 13.2. The Balaban J connectivity index is 1.38. The lowest BCUT2D eigenvalue weighted by Crippen LogP contribution is -2.51. The monoisotopic (exact) mass is 358 g/mol.